The molecule has 0 radical (unpaired) electrons. The predicted octanol–water partition coefficient (Wildman–Crippen LogP) is 3.29. The minimum absolute atomic E-state index is 0.0676. The molecule has 1 aliphatic heterocycles. The van der Waals surface area contributed by atoms with Crippen LogP contribution in [0, 0.1) is 5.92 Å². The van der Waals surface area contributed by atoms with E-state index in [4.69, 9.17) is 27.9 Å². The highest BCUT2D eigenvalue weighted by Gasteiger charge is 2.21. The zero-order valence-corrected chi connectivity index (χ0v) is 12.2. The number of nitrogens with zero attached hydrogens (tertiary/aromatic N) is 3. The SMILES string of the molecule is CC1C=CO[C@H]1CNc1nc(Cl)nc2c(Cl)ccnc12. The van der Waals surface area contributed by atoms with Crippen molar-refractivity contribution in [2.24, 2.45) is 5.92 Å². The normalized spacial score (nSPS) is 21.1. The molecule has 0 spiro atoms. The van der Waals surface area contributed by atoms with Crippen molar-refractivity contribution in [3.05, 3.63) is 34.9 Å². The van der Waals surface area contributed by atoms with Crippen LogP contribution in [0.3, 0.4) is 0 Å². The van der Waals surface area contributed by atoms with E-state index in [9.17, 15) is 0 Å². The second-order valence-corrected chi connectivity index (χ2v) is 5.32. The van der Waals surface area contributed by atoms with Crippen molar-refractivity contribution in [3.8, 4) is 0 Å². The van der Waals surface area contributed by atoms with Crippen LogP contribution in [0.15, 0.2) is 24.6 Å². The number of pyridine rings is 1. The average Bonchev–Trinajstić information content (AvgIpc) is 2.83. The highest BCUT2D eigenvalue weighted by molar-refractivity contribution is 6.35. The van der Waals surface area contributed by atoms with Gasteiger partial charge in [-0.2, -0.15) is 4.98 Å². The van der Waals surface area contributed by atoms with Gasteiger partial charge in [-0.3, -0.25) is 4.98 Å². The molecule has 0 aromatic carbocycles. The van der Waals surface area contributed by atoms with Crippen LogP contribution in [0.2, 0.25) is 10.3 Å². The summed E-state index contributed by atoms with van der Waals surface area (Å²) in [5.41, 5.74) is 1.13. The molecule has 20 heavy (non-hydrogen) atoms. The van der Waals surface area contributed by atoms with Gasteiger partial charge in [0.25, 0.3) is 0 Å². The van der Waals surface area contributed by atoms with Gasteiger partial charge in [-0.05, 0) is 23.7 Å². The number of halogens is 2. The van der Waals surface area contributed by atoms with Crippen LogP contribution >= 0.6 is 23.2 Å². The molecule has 3 rings (SSSR count). The molecule has 0 bridgehead atoms. The molecule has 0 aliphatic carbocycles. The topological polar surface area (TPSA) is 59.9 Å². The number of aromatic nitrogens is 3. The number of nitrogens with one attached hydrogen (secondary N) is 1. The van der Waals surface area contributed by atoms with Crippen LogP contribution in [-0.2, 0) is 4.74 Å². The van der Waals surface area contributed by atoms with E-state index in [1.165, 1.54) is 0 Å². The molecule has 2 aromatic rings. The Morgan fingerprint density at radius 1 is 1.30 bits per heavy atom. The summed E-state index contributed by atoms with van der Waals surface area (Å²) >= 11 is 12.0. The lowest BCUT2D eigenvalue weighted by atomic mass is 10.1. The molecule has 0 amide bonds. The zero-order chi connectivity index (χ0) is 14.1. The first-order valence-electron chi connectivity index (χ1n) is 6.19. The van der Waals surface area contributed by atoms with E-state index in [1.54, 1.807) is 18.5 Å². The lowest BCUT2D eigenvalue weighted by Crippen LogP contribution is -2.24. The van der Waals surface area contributed by atoms with Crippen LogP contribution in [0.1, 0.15) is 6.92 Å². The van der Waals surface area contributed by atoms with E-state index in [-0.39, 0.29) is 11.4 Å². The Morgan fingerprint density at radius 2 is 2.15 bits per heavy atom. The first kappa shape index (κ1) is 13.4. The number of anilines is 1. The summed E-state index contributed by atoms with van der Waals surface area (Å²) in [6.07, 6.45) is 5.42. The summed E-state index contributed by atoms with van der Waals surface area (Å²) < 4.78 is 5.49. The van der Waals surface area contributed by atoms with Crippen molar-refractivity contribution in [2.75, 3.05) is 11.9 Å². The van der Waals surface area contributed by atoms with Crippen molar-refractivity contribution in [1.29, 1.82) is 0 Å². The van der Waals surface area contributed by atoms with Crippen molar-refractivity contribution >= 4 is 40.1 Å². The van der Waals surface area contributed by atoms with E-state index in [0.29, 0.717) is 34.3 Å². The van der Waals surface area contributed by atoms with E-state index in [1.807, 2.05) is 6.08 Å². The third kappa shape index (κ3) is 2.51. The van der Waals surface area contributed by atoms with Gasteiger partial charge in [-0.25, -0.2) is 4.98 Å². The van der Waals surface area contributed by atoms with Gasteiger partial charge >= 0.3 is 0 Å². The smallest absolute Gasteiger partial charge is 0.225 e. The molecule has 0 saturated heterocycles. The molecular weight excluding hydrogens is 299 g/mol. The Morgan fingerprint density at radius 3 is 2.90 bits per heavy atom. The van der Waals surface area contributed by atoms with Crippen LogP contribution < -0.4 is 5.32 Å². The number of fused-ring (bicyclic) bond motifs is 1. The maximum Gasteiger partial charge on any atom is 0.225 e. The van der Waals surface area contributed by atoms with Crippen LogP contribution in [0.4, 0.5) is 5.82 Å². The zero-order valence-electron chi connectivity index (χ0n) is 10.7. The largest absolute Gasteiger partial charge is 0.496 e. The molecule has 1 N–H and O–H groups in total. The Kier molecular flexibility index (Phi) is 3.63. The Hall–Kier alpha value is -1.59. The van der Waals surface area contributed by atoms with Crippen LogP contribution in [0.5, 0.6) is 0 Å². The maximum atomic E-state index is 6.10. The van der Waals surface area contributed by atoms with Crippen molar-refractivity contribution in [2.45, 2.75) is 13.0 Å². The minimum Gasteiger partial charge on any atom is -0.496 e. The third-order valence-corrected chi connectivity index (χ3v) is 3.67. The Labute approximate surface area is 126 Å². The summed E-state index contributed by atoms with van der Waals surface area (Å²) in [6.45, 7) is 2.70. The van der Waals surface area contributed by atoms with Gasteiger partial charge in [0.05, 0.1) is 17.8 Å². The quantitative estimate of drug-likeness (QED) is 0.881. The van der Waals surface area contributed by atoms with E-state index in [2.05, 4.69) is 27.2 Å². The standard InChI is InChI=1S/C13H12Cl2N4O/c1-7-3-5-20-9(7)6-17-12-11-10(18-13(15)19-12)8(14)2-4-16-11/h2-5,7,9H,6H2,1H3,(H,17,18,19)/t7?,9-/m0/s1. The first-order chi connectivity index (χ1) is 9.65. The average molecular weight is 311 g/mol. The second kappa shape index (κ2) is 5.42. The van der Waals surface area contributed by atoms with E-state index < -0.39 is 0 Å². The molecule has 0 fully saturated rings. The number of hydrogen-bond acceptors (Lipinski definition) is 5. The molecule has 2 atom stereocenters. The highest BCUT2D eigenvalue weighted by Crippen LogP contribution is 2.26. The lowest BCUT2D eigenvalue weighted by Gasteiger charge is -2.16. The van der Waals surface area contributed by atoms with Crippen molar-refractivity contribution in [3.63, 3.8) is 0 Å². The minimum atomic E-state index is 0.0676. The summed E-state index contributed by atoms with van der Waals surface area (Å²) in [6, 6.07) is 1.67. The maximum absolute atomic E-state index is 6.10. The summed E-state index contributed by atoms with van der Waals surface area (Å²) in [5, 5.41) is 3.83. The third-order valence-electron chi connectivity index (χ3n) is 3.20. The fraction of sp³-hybridized carbons (Fsp3) is 0.308. The summed E-state index contributed by atoms with van der Waals surface area (Å²) in [5.74, 6) is 0.910. The van der Waals surface area contributed by atoms with Gasteiger partial charge in [0.15, 0.2) is 5.82 Å². The van der Waals surface area contributed by atoms with Gasteiger partial charge in [0, 0.05) is 12.1 Å². The van der Waals surface area contributed by atoms with Crippen LogP contribution in [-0.4, -0.2) is 27.6 Å². The highest BCUT2D eigenvalue weighted by atomic mass is 35.5. The van der Waals surface area contributed by atoms with Gasteiger partial charge < -0.3 is 10.1 Å². The van der Waals surface area contributed by atoms with E-state index in [0.717, 1.165) is 0 Å². The molecule has 2 aromatic heterocycles. The fourth-order valence-corrected chi connectivity index (χ4v) is 2.40. The first-order valence-corrected chi connectivity index (χ1v) is 6.94. The number of rotatable bonds is 3. The van der Waals surface area contributed by atoms with Crippen molar-refractivity contribution in [1.82, 2.24) is 15.0 Å². The predicted molar refractivity (Wildman–Crippen MR) is 79.0 cm³/mol. The molecule has 0 saturated carbocycles. The van der Waals surface area contributed by atoms with Gasteiger partial charge in [-0.1, -0.05) is 18.5 Å². The molecule has 5 nitrogen and oxygen atoms in total. The Bertz CT molecular complexity index is 677. The number of hydrogen-bond donors (Lipinski definition) is 1. The lowest BCUT2D eigenvalue weighted by molar-refractivity contribution is 0.152. The fourth-order valence-electron chi connectivity index (χ4n) is 2.05. The van der Waals surface area contributed by atoms with Crippen LogP contribution in [0.25, 0.3) is 11.0 Å². The monoisotopic (exact) mass is 310 g/mol. The van der Waals surface area contributed by atoms with Gasteiger partial charge in [0.1, 0.15) is 17.1 Å². The molecule has 104 valence electrons. The number of ether oxygens (including phenoxy) is 1. The molecule has 7 heteroatoms. The molecular formula is C13H12Cl2N4O. The Balaban J connectivity index is 1.89. The van der Waals surface area contributed by atoms with Gasteiger partial charge in [0.2, 0.25) is 5.28 Å². The molecule has 3 heterocycles. The summed E-state index contributed by atoms with van der Waals surface area (Å²) in [4.78, 5) is 12.5. The van der Waals surface area contributed by atoms with Crippen molar-refractivity contribution < 1.29 is 4.74 Å². The molecule has 1 aliphatic rings. The second-order valence-electron chi connectivity index (χ2n) is 4.57. The summed E-state index contributed by atoms with van der Waals surface area (Å²) in [7, 11) is 0. The van der Waals surface area contributed by atoms with E-state index >= 15 is 0 Å². The molecule has 1 unspecified atom stereocenters. The van der Waals surface area contributed by atoms with Gasteiger partial charge in [-0.15, -0.1) is 0 Å².